The lowest BCUT2D eigenvalue weighted by Gasteiger charge is -2.30. The van der Waals surface area contributed by atoms with Crippen LogP contribution in [0.3, 0.4) is 0 Å². The highest BCUT2D eigenvalue weighted by molar-refractivity contribution is 5.99. The molecule has 2 aromatic rings. The van der Waals surface area contributed by atoms with Gasteiger partial charge < -0.3 is 9.47 Å². The van der Waals surface area contributed by atoms with Crippen LogP contribution in [0.25, 0.3) is 0 Å². The second-order valence-corrected chi connectivity index (χ2v) is 5.08. The molecule has 2 aromatic carbocycles. The number of esters is 2. The van der Waals surface area contributed by atoms with Crippen molar-refractivity contribution in [3.8, 4) is 5.75 Å². The van der Waals surface area contributed by atoms with Crippen LogP contribution in [0.2, 0.25) is 0 Å². The molecule has 1 heterocycles. The van der Waals surface area contributed by atoms with Gasteiger partial charge in [0.15, 0.2) is 5.92 Å². The highest BCUT2D eigenvalue weighted by Gasteiger charge is 2.44. The predicted molar refractivity (Wildman–Crippen MR) is 80.5 cm³/mol. The Morgan fingerprint density at radius 2 is 1.77 bits per heavy atom. The zero-order valence-corrected chi connectivity index (χ0v) is 12.2. The van der Waals surface area contributed by atoms with Gasteiger partial charge in [0.05, 0.1) is 6.61 Å². The SMILES string of the molecule is CCOC(=O)[C@@H]1C(=O)Oc2ccccc2[C@@H]1c1ccccc1. The van der Waals surface area contributed by atoms with Gasteiger partial charge >= 0.3 is 11.9 Å². The Labute approximate surface area is 128 Å². The molecule has 0 N–H and O–H groups in total. The van der Waals surface area contributed by atoms with E-state index in [2.05, 4.69) is 0 Å². The smallest absolute Gasteiger partial charge is 0.326 e. The Balaban J connectivity index is 2.13. The van der Waals surface area contributed by atoms with Crippen molar-refractivity contribution in [2.45, 2.75) is 12.8 Å². The van der Waals surface area contributed by atoms with Crippen molar-refractivity contribution in [3.05, 3.63) is 65.7 Å². The Bertz CT molecular complexity index is 693. The normalized spacial score (nSPS) is 20.0. The van der Waals surface area contributed by atoms with Gasteiger partial charge in [-0.25, -0.2) is 0 Å². The minimum atomic E-state index is -0.975. The van der Waals surface area contributed by atoms with Crippen LogP contribution in [0, 0.1) is 5.92 Å². The molecule has 0 spiro atoms. The first-order valence-corrected chi connectivity index (χ1v) is 7.24. The van der Waals surface area contributed by atoms with Crippen molar-refractivity contribution in [2.75, 3.05) is 6.61 Å². The number of benzene rings is 2. The third-order valence-corrected chi connectivity index (χ3v) is 3.75. The van der Waals surface area contributed by atoms with Crippen molar-refractivity contribution in [1.29, 1.82) is 0 Å². The lowest BCUT2D eigenvalue weighted by molar-refractivity contribution is -0.158. The van der Waals surface area contributed by atoms with E-state index >= 15 is 0 Å². The number of ether oxygens (including phenoxy) is 2. The molecule has 0 aliphatic carbocycles. The summed E-state index contributed by atoms with van der Waals surface area (Å²) < 4.78 is 10.4. The van der Waals surface area contributed by atoms with Crippen LogP contribution in [0.5, 0.6) is 5.75 Å². The third kappa shape index (κ3) is 2.48. The van der Waals surface area contributed by atoms with Crippen LogP contribution in [-0.4, -0.2) is 18.5 Å². The van der Waals surface area contributed by atoms with Gasteiger partial charge in [-0.1, -0.05) is 48.5 Å². The minimum Gasteiger partial charge on any atom is -0.465 e. The van der Waals surface area contributed by atoms with Crippen LogP contribution < -0.4 is 4.74 Å². The summed E-state index contributed by atoms with van der Waals surface area (Å²) >= 11 is 0. The summed E-state index contributed by atoms with van der Waals surface area (Å²) in [4.78, 5) is 24.6. The van der Waals surface area contributed by atoms with Crippen molar-refractivity contribution in [3.63, 3.8) is 0 Å². The first kappa shape index (κ1) is 14.3. The second kappa shape index (κ2) is 6.02. The van der Waals surface area contributed by atoms with E-state index in [1.54, 1.807) is 19.1 Å². The third-order valence-electron chi connectivity index (χ3n) is 3.75. The van der Waals surface area contributed by atoms with Crippen LogP contribution >= 0.6 is 0 Å². The van der Waals surface area contributed by atoms with Crippen molar-refractivity contribution in [2.24, 2.45) is 5.92 Å². The molecule has 4 nitrogen and oxygen atoms in total. The summed E-state index contributed by atoms with van der Waals surface area (Å²) in [5.41, 5.74) is 1.72. The monoisotopic (exact) mass is 296 g/mol. The molecule has 1 aliphatic heterocycles. The minimum absolute atomic E-state index is 0.228. The number of rotatable bonds is 3. The van der Waals surface area contributed by atoms with E-state index in [1.807, 2.05) is 42.5 Å². The van der Waals surface area contributed by atoms with E-state index < -0.39 is 23.8 Å². The maximum Gasteiger partial charge on any atom is 0.326 e. The average Bonchev–Trinajstić information content (AvgIpc) is 2.54. The molecule has 22 heavy (non-hydrogen) atoms. The Morgan fingerprint density at radius 1 is 1.09 bits per heavy atom. The maximum absolute atomic E-state index is 12.3. The first-order chi connectivity index (χ1) is 10.7. The molecule has 0 radical (unpaired) electrons. The lowest BCUT2D eigenvalue weighted by atomic mass is 9.78. The fourth-order valence-electron chi connectivity index (χ4n) is 2.81. The maximum atomic E-state index is 12.3. The molecule has 0 saturated heterocycles. The van der Waals surface area contributed by atoms with Gasteiger partial charge in [-0.05, 0) is 18.6 Å². The molecule has 0 saturated carbocycles. The van der Waals surface area contributed by atoms with Gasteiger partial charge in [-0.2, -0.15) is 0 Å². The van der Waals surface area contributed by atoms with Crippen molar-refractivity contribution >= 4 is 11.9 Å². The molecular weight excluding hydrogens is 280 g/mol. The van der Waals surface area contributed by atoms with Gasteiger partial charge in [-0.3, -0.25) is 9.59 Å². The van der Waals surface area contributed by atoms with Gasteiger partial charge in [0.2, 0.25) is 0 Å². The topological polar surface area (TPSA) is 52.6 Å². The summed E-state index contributed by atoms with van der Waals surface area (Å²) in [6.45, 7) is 1.95. The van der Waals surface area contributed by atoms with E-state index in [-0.39, 0.29) is 6.61 Å². The zero-order valence-electron chi connectivity index (χ0n) is 12.2. The Kier molecular flexibility index (Phi) is 3.92. The molecule has 0 fully saturated rings. The lowest BCUT2D eigenvalue weighted by Crippen LogP contribution is -2.38. The largest absolute Gasteiger partial charge is 0.465 e. The quantitative estimate of drug-likeness (QED) is 0.496. The predicted octanol–water partition coefficient (Wildman–Crippen LogP) is 2.92. The summed E-state index contributed by atoms with van der Waals surface area (Å²) in [6, 6.07) is 16.8. The first-order valence-electron chi connectivity index (χ1n) is 7.24. The molecule has 4 heteroatoms. The van der Waals surface area contributed by atoms with Crippen LogP contribution in [-0.2, 0) is 14.3 Å². The van der Waals surface area contributed by atoms with E-state index in [4.69, 9.17) is 9.47 Å². The van der Waals surface area contributed by atoms with Crippen molar-refractivity contribution in [1.82, 2.24) is 0 Å². The fourth-order valence-corrected chi connectivity index (χ4v) is 2.81. The van der Waals surface area contributed by atoms with Gasteiger partial charge in [-0.15, -0.1) is 0 Å². The highest BCUT2D eigenvalue weighted by atomic mass is 16.6. The summed E-state index contributed by atoms with van der Waals surface area (Å²) in [5.74, 6) is -1.97. The summed E-state index contributed by atoms with van der Waals surface area (Å²) in [5, 5.41) is 0. The van der Waals surface area contributed by atoms with Gasteiger partial charge in [0.1, 0.15) is 5.75 Å². The fraction of sp³-hybridized carbons (Fsp3) is 0.222. The number of hydrogen-bond donors (Lipinski definition) is 0. The number of hydrogen-bond acceptors (Lipinski definition) is 4. The molecular formula is C18H16O4. The van der Waals surface area contributed by atoms with E-state index in [9.17, 15) is 9.59 Å². The number of carbonyl (C=O) groups is 2. The molecule has 112 valence electrons. The molecule has 0 unspecified atom stereocenters. The van der Waals surface area contributed by atoms with Crippen LogP contribution in [0.4, 0.5) is 0 Å². The number of para-hydroxylation sites is 1. The average molecular weight is 296 g/mol. The van der Waals surface area contributed by atoms with E-state index in [0.29, 0.717) is 5.75 Å². The molecule has 0 amide bonds. The number of fused-ring (bicyclic) bond motifs is 1. The highest BCUT2D eigenvalue weighted by Crippen LogP contribution is 2.42. The van der Waals surface area contributed by atoms with Crippen molar-refractivity contribution < 1.29 is 19.1 Å². The standard InChI is InChI=1S/C18H16O4/c1-2-21-17(19)16-15(12-8-4-3-5-9-12)13-10-6-7-11-14(13)22-18(16)20/h3-11,15-16H,2H2,1H3/t15-,16+/m0/s1. The Hall–Kier alpha value is -2.62. The second-order valence-electron chi connectivity index (χ2n) is 5.08. The zero-order chi connectivity index (χ0) is 15.5. The molecule has 0 aromatic heterocycles. The van der Waals surface area contributed by atoms with Crippen LogP contribution in [0.15, 0.2) is 54.6 Å². The summed E-state index contributed by atoms with van der Waals surface area (Å²) in [7, 11) is 0. The molecule has 3 rings (SSSR count). The van der Waals surface area contributed by atoms with E-state index in [0.717, 1.165) is 11.1 Å². The number of carbonyl (C=O) groups excluding carboxylic acids is 2. The van der Waals surface area contributed by atoms with Gasteiger partial charge in [0.25, 0.3) is 0 Å². The van der Waals surface area contributed by atoms with Gasteiger partial charge in [0, 0.05) is 11.5 Å². The Morgan fingerprint density at radius 3 is 2.50 bits per heavy atom. The van der Waals surface area contributed by atoms with E-state index in [1.165, 1.54) is 0 Å². The molecule has 1 aliphatic rings. The van der Waals surface area contributed by atoms with Crippen LogP contribution in [0.1, 0.15) is 24.0 Å². The summed E-state index contributed by atoms with van der Waals surface area (Å²) in [6.07, 6.45) is 0. The molecule has 2 atom stereocenters. The molecule has 0 bridgehead atoms.